The Bertz CT molecular complexity index is 960. The fourth-order valence-corrected chi connectivity index (χ4v) is 3.59. The van der Waals surface area contributed by atoms with Crippen LogP contribution in [0.5, 0.6) is 11.5 Å². The molecule has 4 rings (SSSR count). The molecule has 0 unspecified atom stereocenters. The number of aromatic nitrogens is 1. The molecule has 0 fully saturated rings. The molecule has 148 valence electrons. The van der Waals surface area contributed by atoms with Crippen molar-refractivity contribution in [3.05, 3.63) is 89.7 Å². The van der Waals surface area contributed by atoms with Gasteiger partial charge in [-0.1, -0.05) is 48.5 Å². The third-order valence-electron chi connectivity index (χ3n) is 5.24. The van der Waals surface area contributed by atoms with Crippen LogP contribution in [-0.4, -0.2) is 22.6 Å². The number of carbonyl (C=O) groups is 1. The molecular formula is C24H24N2O3. The van der Waals surface area contributed by atoms with Crippen LogP contribution >= 0.6 is 0 Å². The first-order valence-electron chi connectivity index (χ1n) is 9.83. The number of hydrogen-bond acceptors (Lipinski definition) is 4. The van der Waals surface area contributed by atoms with Gasteiger partial charge in [-0.25, -0.2) is 0 Å². The zero-order valence-corrected chi connectivity index (χ0v) is 16.5. The SMILES string of the molecule is C[C@H](c1ccccc1)N(Cc1cccc2c1OCO2)C(=O)CCc1cccnc1. The number of aryl methyl sites for hydroxylation is 1. The fourth-order valence-electron chi connectivity index (χ4n) is 3.59. The van der Waals surface area contributed by atoms with Crippen molar-refractivity contribution in [2.75, 3.05) is 6.79 Å². The largest absolute Gasteiger partial charge is 0.454 e. The van der Waals surface area contributed by atoms with Crippen molar-refractivity contribution in [3.63, 3.8) is 0 Å². The van der Waals surface area contributed by atoms with Crippen molar-refractivity contribution >= 4 is 5.91 Å². The van der Waals surface area contributed by atoms with Gasteiger partial charge >= 0.3 is 0 Å². The van der Waals surface area contributed by atoms with Crippen LogP contribution in [0.15, 0.2) is 73.1 Å². The van der Waals surface area contributed by atoms with Gasteiger partial charge in [-0.3, -0.25) is 9.78 Å². The van der Waals surface area contributed by atoms with E-state index >= 15 is 0 Å². The van der Waals surface area contributed by atoms with E-state index in [1.807, 2.05) is 59.6 Å². The van der Waals surface area contributed by atoms with Crippen molar-refractivity contribution in [2.45, 2.75) is 32.4 Å². The van der Waals surface area contributed by atoms with Crippen molar-refractivity contribution in [2.24, 2.45) is 0 Å². The molecule has 3 aromatic rings. The summed E-state index contributed by atoms with van der Waals surface area (Å²) in [6, 6.07) is 19.8. The first-order valence-corrected chi connectivity index (χ1v) is 9.83. The topological polar surface area (TPSA) is 51.7 Å². The van der Waals surface area contributed by atoms with Gasteiger partial charge in [0.15, 0.2) is 11.5 Å². The minimum absolute atomic E-state index is 0.0595. The van der Waals surface area contributed by atoms with E-state index in [0.29, 0.717) is 19.4 Å². The van der Waals surface area contributed by atoms with Crippen molar-refractivity contribution in [3.8, 4) is 11.5 Å². The van der Waals surface area contributed by atoms with Crippen LogP contribution in [0, 0.1) is 0 Å². The van der Waals surface area contributed by atoms with Gasteiger partial charge in [-0.15, -0.1) is 0 Å². The number of pyridine rings is 1. The van der Waals surface area contributed by atoms with Gasteiger partial charge in [0.1, 0.15) is 0 Å². The maximum atomic E-state index is 13.3. The van der Waals surface area contributed by atoms with E-state index in [0.717, 1.165) is 28.2 Å². The monoisotopic (exact) mass is 388 g/mol. The van der Waals surface area contributed by atoms with Gasteiger partial charge in [0.25, 0.3) is 0 Å². The number of para-hydroxylation sites is 1. The molecule has 29 heavy (non-hydrogen) atoms. The lowest BCUT2D eigenvalue weighted by molar-refractivity contribution is -0.134. The highest BCUT2D eigenvalue weighted by Gasteiger charge is 2.25. The summed E-state index contributed by atoms with van der Waals surface area (Å²) >= 11 is 0. The van der Waals surface area contributed by atoms with Gasteiger partial charge in [-0.05, 0) is 36.6 Å². The molecule has 0 aliphatic carbocycles. The van der Waals surface area contributed by atoms with Crippen LogP contribution < -0.4 is 9.47 Å². The van der Waals surface area contributed by atoms with Crippen LogP contribution in [0.3, 0.4) is 0 Å². The molecule has 1 atom stereocenters. The lowest BCUT2D eigenvalue weighted by Crippen LogP contribution is -2.33. The molecule has 5 heteroatoms. The van der Waals surface area contributed by atoms with Gasteiger partial charge in [-0.2, -0.15) is 0 Å². The molecule has 0 bridgehead atoms. The maximum Gasteiger partial charge on any atom is 0.231 e. The fraction of sp³-hybridized carbons (Fsp3) is 0.250. The number of hydrogen-bond donors (Lipinski definition) is 0. The average Bonchev–Trinajstić information content (AvgIpc) is 3.26. The minimum Gasteiger partial charge on any atom is -0.454 e. The summed E-state index contributed by atoms with van der Waals surface area (Å²) in [7, 11) is 0. The average molecular weight is 388 g/mol. The van der Waals surface area contributed by atoms with E-state index < -0.39 is 0 Å². The standard InChI is InChI=1S/C24H24N2O3/c1-18(20-8-3-2-4-9-20)26(23(27)13-12-19-7-6-14-25-15-19)16-21-10-5-11-22-24(21)29-17-28-22/h2-11,14-15,18H,12-13,16-17H2,1H3/t18-/m1/s1. The number of amides is 1. The Morgan fingerprint density at radius 2 is 1.93 bits per heavy atom. The van der Waals surface area contributed by atoms with Gasteiger partial charge in [0.2, 0.25) is 12.7 Å². The first-order chi connectivity index (χ1) is 14.2. The summed E-state index contributed by atoms with van der Waals surface area (Å²) in [6.07, 6.45) is 4.65. The third-order valence-corrected chi connectivity index (χ3v) is 5.24. The molecule has 2 aromatic carbocycles. The Kier molecular flexibility index (Phi) is 5.75. The predicted molar refractivity (Wildman–Crippen MR) is 111 cm³/mol. The number of nitrogens with zero attached hydrogens (tertiary/aromatic N) is 2. The van der Waals surface area contributed by atoms with Crippen LogP contribution in [0.1, 0.15) is 36.1 Å². The summed E-state index contributed by atoms with van der Waals surface area (Å²) in [4.78, 5) is 19.3. The minimum atomic E-state index is -0.0595. The molecule has 5 nitrogen and oxygen atoms in total. The molecule has 0 saturated heterocycles. The van der Waals surface area contributed by atoms with E-state index in [1.165, 1.54) is 0 Å². The summed E-state index contributed by atoms with van der Waals surface area (Å²) in [5.41, 5.74) is 3.12. The highest BCUT2D eigenvalue weighted by molar-refractivity contribution is 5.77. The Balaban J connectivity index is 1.57. The third kappa shape index (κ3) is 4.40. The smallest absolute Gasteiger partial charge is 0.231 e. The second-order valence-electron chi connectivity index (χ2n) is 7.12. The van der Waals surface area contributed by atoms with E-state index in [2.05, 4.69) is 24.0 Å². The van der Waals surface area contributed by atoms with Crippen molar-refractivity contribution < 1.29 is 14.3 Å². The lowest BCUT2D eigenvalue weighted by Gasteiger charge is -2.30. The zero-order valence-electron chi connectivity index (χ0n) is 16.5. The molecule has 0 spiro atoms. The summed E-state index contributed by atoms with van der Waals surface area (Å²) < 4.78 is 11.2. The maximum absolute atomic E-state index is 13.3. The molecule has 1 amide bonds. The molecule has 1 aromatic heterocycles. The Morgan fingerprint density at radius 1 is 1.07 bits per heavy atom. The summed E-state index contributed by atoms with van der Waals surface area (Å²) in [5, 5.41) is 0. The van der Waals surface area contributed by atoms with Crippen molar-refractivity contribution in [1.29, 1.82) is 0 Å². The van der Waals surface area contributed by atoms with E-state index in [4.69, 9.17) is 9.47 Å². The number of carbonyl (C=O) groups excluding carboxylic acids is 1. The van der Waals surface area contributed by atoms with E-state index in [9.17, 15) is 4.79 Å². The molecule has 0 radical (unpaired) electrons. The quantitative estimate of drug-likeness (QED) is 0.597. The van der Waals surface area contributed by atoms with Crippen LogP contribution in [0.25, 0.3) is 0 Å². The summed E-state index contributed by atoms with van der Waals surface area (Å²) in [5.74, 6) is 1.57. The number of ether oxygens (including phenoxy) is 2. The molecule has 0 saturated carbocycles. The van der Waals surface area contributed by atoms with E-state index in [-0.39, 0.29) is 18.7 Å². The second-order valence-corrected chi connectivity index (χ2v) is 7.12. The Hall–Kier alpha value is -3.34. The second kappa shape index (κ2) is 8.78. The summed E-state index contributed by atoms with van der Waals surface area (Å²) in [6.45, 7) is 2.75. The molecule has 1 aliphatic rings. The van der Waals surface area contributed by atoms with Gasteiger partial charge in [0, 0.05) is 24.4 Å². The number of rotatable bonds is 7. The molecule has 2 heterocycles. The number of fused-ring (bicyclic) bond motifs is 1. The van der Waals surface area contributed by atoms with Crippen LogP contribution in [0.4, 0.5) is 0 Å². The van der Waals surface area contributed by atoms with Gasteiger partial charge in [0.05, 0.1) is 12.6 Å². The van der Waals surface area contributed by atoms with Crippen LogP contribution in [-0.2, 0) is 17.8 Å². The molecule has 0 N–H and O–H groups in total. The van der Waals surface area contributed by atoms with E-state index in [1.54, 1.807) is 6.20 Å². The zero-order chi connectivity index (χ0) is 20.1. The molecule has 1 aliphatic heterocycles. The van der Waals surface area contributed by atoms with Crippen molar-refractivity contribution in [1.82, 2.24) is 9.88 Å². The first kappa shape index (κ1) is 19.0. The number of benzene rings is 2. The normalized spacial score (nSPS) is 13.1. The molecular weight excluding hydrogens is 364 g/mol. The highest BCUT2D eigenvalue weighted by Crippen LogP contribution is 2.37. The van der Waals surface area contributed by atoms with Crippen LogP contribution in [0.2, 0.25) is 0 Å². The highest BCUT2D eigenvalue weighted by atomic mass is 16.7. The Morgan fingerprint density at radius 3 is 2.72 bits per heavy atom. The predicted octanol–water partition coefficient (Wildman–Crippen LogP) is 4.53. The van der Waals surface area contributed by atoms with Gasteiger partial charge < -0.3 is 14.4 Å². The Labute approximate surface area is 170 Å². The lowest BCUT2D eigenvalue weighted by atomic mass is 10.0.